The van der Waals surface area contributed by atoms with Crippen molar-refractivity contribution in [1.82, 2.24) is 24.2 Å². The van der Waals surface area contributed by atoms with Crippen molar-refractivity contribution in [3.8, 4) is 11.4 Å². The number of morpholine rings is 1. The number of aromatic nitrogens is 1. The van der Waals surface area contributed by atoms with Gasteiger partial charge in [0.15, 0.2) is 0 Å². The molecule has 4 heterocycles. The first kappa shape index (κ1) is 36.5. The zero-order chi connectivity index (χ0) is 37.9. The first-order chi connectivity index (χ1) is 26.9. The standard InChI is InChI=1S/C45H49N5O5/c1-3-4-19-46(2)43(51)40-31-50(41-17-11-10-16-38(40)41)42-27-33-18-20-48(45(53)55-37-14-6-5-7-15-37)28-35(33)26-39(42)44(52)49-29-34-13-9-8-12-32(34)25-36(49)30-47-21-23-54-24-22-47/h5-17,26-27,31,36H,3-4,18-25,28-30H2,1-2H3/t36-/m0/s1. The molecule has 1 aromatic heterocycles. The molecule has 1 fully saturated rings. The van der Waals surface area contributed by atoms with Gasteiger partial charge in [0.05, 0.1) is 35.5 Å². The Balaban J connectivity index is 1.22. The van der Waals surface area contributed by atoms with E-state index in [9.17, 15) is 9.59 Å². The summed E-state index contributed by atoms with van der Waals surface area (Å²) in [5, 5.41) is 0.846. The lowest BCUT2D eigenvalue weighted by molar-refractivity contribution is 0.0193. The topological polar surface area (TPSA) is 87.6 Å². The monoisotopic (exact) mass is 739 g/mol. The summed E-state index contributed by atoms with van der Waals surface area (Å²) in [6, 6.07) is 29.5. The molecule has 0 saturated carbocycles. The zero-order valence-electron chi connectivity index (χ0n) is 31.8. The first-order valence-electron chi connectivity index (χ1n) is 19.6. The molecule has 0 bridgehead atoms. The number of amides is 3. The van der Waals surface area contributed by atoms with E-state index >= 15 is 4.79 Å². The summed E-state index contributed by atoms with van der Waals surface area (Å²) in [5.74, 6) is 0.381. The molecule has 4 aromatic carbocycles. The summed E-state index contributed by atoms with van der Waals surface area (Å²) in [4.78, 5) is 50.7. The smallest absolute Gasteiger partial charge is 0.410 e. The summed E-state index contributed by atoms with van der Waals surface area (Å²) >= 11 is 0. The second-order valence-corrected chi connectivity index (χ2v) is 15.0. The molecular formula is C45H49N5O5. The first-order valence-corrected chi connectivity index (χ1v) is 19.6. The molecule has 1 atom stereocenters. The number of hydrogen-bond acceptors (Lipinski definition) is 6. The average Bonchev–Trinajstić information content (AvgIpc) is 3.61. The summed E-state index contributed by atoms with van der Waals surface area (Å²) in [6.07, 6.45) is 4.77. The Kier molecular flexibility index (Phi) is 10.7. The van der Waals surface area contributed by atoms with Crippen LogP contribution in [0.15, 0.2) is 97.2 Å². The minimum absolute atomic E-state index is 0.0416. The molecule has 0 radical (unpaired) electrons. The van der Waals surface area contributed by atoms with E-state index < -0.39 is 6.09 Å². The van der Waals surface area contributed by atoms with Gasteiger partial charge in [-0.3, -0.25) is 14.5 Å². The van der Waals surface area contributed by atoms with E-state index in [2.05, 4.69) is 36.1 Å². The summed E-state index contributed by atoms with van der Waals surface area (Å²) in [5.41, 5.74) is 7.15. The number of carbonyl (C=O) groups is 3. The van der Waals surface area contributed by atoms with Crippen molar-refractivity contribution in [2.24, 2.45) is 0 Å². The minimum Gasteiger partial charge on any atom is -0.410 e. The number of carbonyl (C=O) groups excluding carboxylic acids is 3. The van der Waals surface area contributed by atoms with Crippen molar-refractivity contribution in [3.63, 3.8) is 0 Å². The molecule has 0 unspecified atom stereocenters. The van der Waals surface area contributed by atoms with Gasteiger partial charge in [-0.05, 0) is 71.8 Å². The Morgan fingerprint density at radius 1 is 0.818 bits per heavy atom. The molecule has 0 N–H and O–H groups in total. The van der Waals surface area contributed by atoms with Gasteiger partial charge in [-0.25, -0.2) is 4.79 Å². The predicted molar refractivity (Wildman–Crippen MR) is 213 cm³/mol. The largest absolute Gasteiger partial charge is 0.415 e. The van der Waals surface area contributed by atoms with E-state index in [4.69, 9.17) is 9.47 Å². The Morgan fingerprint density at radius 3 is 2.36 bits per heavy atom. The molecular weight excluding hydrogens is 691 g/mol. The number of unbranched alkanes of at least 4 members (excludes halogenated alkanes) is 1. The van der Waals surface area contributed by atoms with E-state index in [1.807, 2.05) is 77.3 Å². The van der Waals surface area contributed by atoms with Gasteiger partial charge in [-0.2, -0.15) is 0 Å². The average molecular weight is 740 g/mol. The number of hydrogen-bond donors (Lipinski definition) is 0. The normalized spacial score (nSPS) is 17.1. The lowest BCUT2D eigenvalue weighted by Gasteiger charge is -2.41. The van der Waals surface area contributed by atoms with Crippen LogP contribution in [0, 0.1) is 0 Å². The fourth-order valence-electron chi connectivity index (χ4n) is 8.25. The molecule has 1 saturated heterocycles. The van der Waals surface area contributed by atoms with Crippen LogP contribution in [0.3, 0.4) is 0 Å². The maximum Gasteiger partial charge on any atom is 0.415 e. The van der Waals surface area contributed by atoms with Crippen LogP contribution in [-0.2, 0) is 30.7 Å². The molecule has 0 spiro atoms. The van der Waals surface area contributed by atoms with Crippen molar-refractivity contribution in [1.29, 1.82) is 0 Å². The lowest BCUT2D eigenvalue weighted by Crippen LogP contribution is -2.52. The minimum atomic E-state index is -0.418. The molecule has 0 aliphatic carbocycles. The van der Waals surface area contributed by atoms with Crippen molar-refractivity contribution in [2.75, 3.05) is 53.0 Å². The second-order valence-electron chi connectivity index (χ2n) is 15.0. The highest BCUT2D eigenvalue weighted by Crippen LogP contribution is 2.34. The van der Waals surface area contributed by atoms with Gasteiger partial charge in [0, 0.05) is 70.5 Å². The van der Waals surface area contributed by atoms with Crippen LogP contribution in [0.4, 0.5) is 4.79 Å². The van der Waals surface area contributed by atoms with Gasteiger partial charge in [0.2, 0.25) is 0 Å². The second kappa shape index (κ2) is 16.1. The third-order valence-corrected chi connectivity index (χ3v) is 11.4. The number of nitrogens with zero attached hydrogens (tertiary/aromatic N) is 5. The molecule has 284 valence electrons. The van der Waals surface area contributed by atoms with Crippen LogP contribution in [0.25, 0.3) is 16.6 Å². The maximum absolute atomic E-state index is 15.4. The van der Waals surface area contributed by atoms with Gasteiger partial charge >= 0.3 is 6.09 Å². The number of para-hydroxylation sites is 2. The van der Waals surface area contributed by atoms with Gasteiger partial charge < -0.3 is 28.7 Å². The SMILES string of the molecule is CCCCN(C)C(=O)c1cn(-c2cc3c(cc2C(=O)N2Cc4ccccc4C[C@H]2CN2CCOCC2)CN(C(=O)Oc2ccccc2)CC3)c2ccccc12. The lowest BCUT2D eigenvalue weighted by atomic mass is 9.91. The van der Waals surface area contributed by atoms with Gasteiger partial charge in [-0.1, -0.05) is 74.0 Å². The Labute approximate surface area is 322 Å². The summed E-state index contributed by atoms with van der Waals surface area (Å²) < 4.78 is 13.4. The van der Waals surface area contributed by atoms with Crippen molar-refractivity contribution < 1.29 is 23.9 Å². The fourth-order valence-corrected chi connectivity index (χ4v) is 8.25. The maximum atomic E-state index is 15.4. The third-order valence-electron chi connectivity index (χ3n) is 11.4. The Morgan fingerprint density at radius 2 is 1.56 bits per heavy atom. The number of ether oxygens (including phenoxy) is 2. The van der Waals surface area contributed by atoms with Gasteiger partial charge in [-0.15, -0.1) is 0 Å². The number of rotatable bonds is 9. The number of fused-ring (bicyclic) bond motifs is 3. The van der Waals surface area contributed by atoms with Crippen molar-refractivity contribution in [2.45, 2.75) is 51.7 Å². The van der Waals surface area contributed by atoms with E-state index in [0.29, 0.717) is 62.7 Å². The molecule has 8 rings (SSSR count). The van der Waals surface area contributed by atoms with Gasteiger partial charge in [0.1, 0.15) is 5.75 Å². The van der Waals surface area contributed by atoms with Crippen LogP contribution < -0.4 is 4.74 Å². The van der Waals surface area contributed by atoms with Crippen LogP contribution >= 0.6 is 0 Å². The Hall–Kier alpha value is -5.45. The number of benzene rings is 4. The third kappa shape index (κ3) is 7.61. The van der Waals surface area contributed by atoms with E-state index in [1.165, 1.54) is 5.56 Å². The highest BCUT2D eigenvalue weighted by Gasteiger charge is 2.35. The van der Waals surface area contributed by atoms with E-state index in [-0.39, 0.29) is 17.9 Å². The highest BCUT2D eigenvalue weighted by molar-refractivity contribution is 6.08. The molecule has 55 heavy (non-hydrogen) atoms. The molecule has 3 aliphatic rings. The van der Waals surface area contributed by atoms with Crippen molar-refractivity contribution >= 4 is 28.8 Å². The van der Waals surface area contributed by atoms with Crippen molar-refractivity contribution in [3.05, 3.63) is 131 Å². The molecule has 3 amide bonds. The summed E-state index contributed by atoms with van der Waals surface area (Å²) in [7, 11) is 1.86. The summed E-state index contributed by atoms with van der Waals surface area (Å²) in [6.45, 7) is 7.87. The van der Waals surface area contributed by atoms with Crippen LogP contribution in [0.1, 0.15) is 62.7 Å². The van der Waals surface area contributed by atoms with Gasteiger partial charge in [0.25, 0.3) is 11.8 Å². The van der Waals surface area contributed by atoms with Crippen LogP contribution in [0.5, 0.6) is 5.75 Å². The van der Waals surface area contributed by atoms with E-state index in [0.717, 1.165) is 72.2 Å². The van der Waals surface area contributed by atoms with Crippen LogP contribution in [-0.4, -0.2) is 101 Å². The fraction of sp³-hybridized carbons (Fsp3) is 0.356. The molecule has 3 aliphatic heterocycles. The zero-order valence-corrected chi connectivity index (χ0v) is 31.8. The molecule has 10 nitrogen and oxygen atoms in total. The quantitative estimate of drug-likeness (QED) is 0.163. The highest BCUT2D eigenvalue weighted by atomic mass is 16.6. The molecule has 5 aromatic rings. The van der Waals surface area contributed by atoms with Crippen LogP contribution in [0.2, 0.25) is 0 Å². The van der Waals surface area contributed by atoms with E-state index in [1.54, 1.807) is 21.9 Å². The Bertz CT molecular complexity index is 2190. The predicted octanol–water partition coefficient (Wildman–Crippen LogP) is 6.96. The molecule has 10 heteroatoms.